The van der Waals surface area contributed by atoms with Gasteiger partial charge in [0, 0.05) is 105 Å². The van der Waals surface area contributed by atoms with Crippen LogP contribution in [0.2, 0.25) is 0 Å². The van der Waals surface area contributed by atoms with Gasteiger partial charge in [-0.15, -0.1) is 29.7 Å². The number of hydrogen-bond donors (Lipinski definition) is 0. The molecule has 0 N–H and O–H groups in total. The summed E-state index contributed by atoms with van der Waals surface area (Å²) in [6.45, 7) is -43.7. The molecule has 0 unspecified atom stereocenters. The van der Waals surface area contributed by atoms with Crippen molar-refractivity contribution in [2.75, 3.05) is 0 Å². The Bertz CT molecular complexity index is 6740. The molecule has 2 aliphatic carbocycles. The van der Waals surface area contributed by atoms with E-state index in [0.717, 1.165) is 69.3 Å². The van der Waals surface area contributed by atoms with Gasteiger partial charge >= 0.3 is 0 Å². The largest absolute Gasteiger partial charge is 0.510 e. The average Bonchev–Trinajstić information content (AvgIpc) is 0.740. The maximum absolute atomic E-state index is 10.6. The Labute approximate surface area is 618 Å². The first-order valence-corrected chi connectivity index (χ1v) is 27.7. The van der Waals surface area contributed by atoms with Gasteiger partial charge in [0.15, 0.2) is 0 Å². The first kappa shape index (κ1) is 25.9. The smallest absolute Gasteiger partial charge is 0.268 e. The summed E-state index contributed by atoms with van der Waals surface area (Å²) in [7, 11) is 0. The minimum Gasteiger partial charge on any atom is -0.510 e. The number of fused-ring (bicyclic) bond motifs is 6. The summed E-state index contributed by atoms with van der Waals surface area (Å²) >= 11 is 0. The van der Waals surface area contributed by atoms with Crippen LogP contribution in [0.5, 0.6) is 11.5 Å². The zero-order valence-electron chi connectivity index (χ0n) is 97.8. The van der Waals surface area contributed by atoms with Crippen molar-refractivity contribution in [3.8, 4) is 73.2 Å². The molecule has 0 atom stereocenters. The van der Waals surface area contributed by atoms with E-state index in [9.17, 15) is 35.6 Å². The van der Waals surface area contributed by atoms with E-state index in [1.165, 1.54) is 42.5 Å². The quantitative estimate of drug-likeness (QED) is 0.107. The van der Waals surface area contributed by atoms with Crippen LogP contribution >= 0.6 is 0 Å². The van der Waals surface area contributed by atoms with Crippen LogP contribution in [0.1, 0.15) is 220 Å². The molecule has 0 aliphatic heterocycles. The van der Waals surface area contributed by atoms with Crippen molar-refractivity contribution < 1.29 is 98.9 Å². The third-order valence-electron chi connectivity index (χ3n) is 15.9. The third kappa shape index (κ3) is 10.4. The number of ether oxygens (including phenoxy) is 1. The number of imidazole rings is 1. The van der Waals surface area contributed by atoms with E-state index < -0.39 is 249 Å². The summed E-state index contributed by atoms with van der Waals surface area (Å²) in [5, 5.41) is 0.799. The Balaban J connectivity index is 0.0000165. The van der Waals surface area contributed by atoms with E-state index >= 15 is 0 Å². The van der Waals surface area contributed by atoms with Crippen molar-refractivity contribution in [1.29, 1.82) is 0 Å². The number of aryl methyl sites for hydroxylation is 4. The van der Waals surface area contributed by atoms with E-state index in [-0.39, 0.29) is 71.6 Å². The van der Waals surface area contributed by atoms with E-state index in [0.29, 0.717) is 22.1 Å². The van der Waals surface area contributed by atoms with E-state index in [4.69, 9.17) is 42.6 Å². The second-order valence-electron chi connectivity index (χ2n) is 22.9. The summed E-state index contributed by atoms with van der Waals surface area (Å²) in [4.78, 5) is 4.77. The van der Waals surface area contributed by atoms with Crippen molar-refractivity contribution in [3.05, 3.63) is 244 Å². The molecule has 12 aromatic rings. The summed E-state index contributed by atoms with van der Waals surface area (Å²) in [5.74, 6) is -0.139. The average molecular weight is 1410 g/mol. The number of rotatable bonds is 9. The fourth-order valence-electron chi connectivity index (χ4n) is 11.5. The van der Waals surface area contributed by atoms with Gasteiger partial charge < -0.3 is 13.9 Å². The third-order valence-corrected chi connectivity index (χ3v) is 15.9. The summed E-state index contributed by atoms with van der Waals surface area (Å²) in [6, 6.07) is 23.0. The summed E-state index contributed by atoms with van der Waals surface area (Å²) in [6.07, 6.45) is -15.3. The molecule has 0 spiro atoms. The second kappa shape index (κ2) is 22.1. The molecule has 456 valence electrons. The number of aromatic nitrogens is 4. The zero-order chi connectivity index (χ0) is 105. The van der Waals surface area contributed by atoms with Crippen molar-refractivity contribution in [3.63, 3.8) is 0 Å². The van der Waals surface area contributed by atoms with Crippen LogP contribution in [-0.2, 0) is 48.1 Å². The van der Waals surface area contributed by atoms with Gasteiger partial charge in [-0.05, 0) is 210 Å². The van der Waals surface area contributed by atoms with E-state index in [2.05, 4.69) is 18.5 Å². The molecule has 0 amide bonds. The Morgan fingerprint density at radius 3 is 1.67 bits per heavy atom. The molecule has 6 heteroatoms. The molecule has 2 aliphatic rings. The fraction of sp³-hybridized carbons (Fsp3) is 0.286. The molecule has 0 fully saturated rings. The van der Waals surface area contributed by atoms with Gasteiger partial charge in [0.2, 0.25) is 0 Å². The molecule has 5 nitrogen and oxygen atoms in total. The van der Waals surface area contributed by atoms with Crippen molar-refractivity contribution in [2.45, 2.75) is 156 Å². The van der Waals surface area contributed by atoms with Crippen LogP contribution in [0.25, 0.3) is 94.5 Å². The SMILES string of the molecule is [2H]c1c([2H])c2c(c([2H])c1-c1cccc(-c3c([2H])c([2H])c4c(c3[2H])C(C([2H])([2H])[2H])(C([2H])([2H])[2H])C([2H])([2H])C([2H])([2H])C4(C([2H])([2H])[2H])C([2H])([2H])[2H])c1-[n+]1[c-]n(-c3[c-]c(Oc4[c-]c5c(cc4)c4cc(-c6c(C([2H])([2H])[2H])cccc6C([2H])([2H])[2H])ccc4n5-c4cc(C(C)(C)C)ccn4)ccc3)c3cc(-c4c(C([2H])([2H])[2H])cccc4C([2H])([2H])[2H])ccc31)C(C([2H])([2H])[2H])(C([2H])([2H])[2H])C([2H])([2H])C([2H])([2H])C2(C([2H])([2H])[2H])C([2H])([2H])[2H].[Pt]. The summed E-state index contributed by atoms with van der Waals surface area (Å²) in [5.41, 5.74) is -36.7. The topological polar surface area (TPSA) is 35.9 Å². The Morgan fingerprint density at radius 2 is 1.09 bits per heavy atom. The number of para-hydroxylation sites is 1. The predicted molar refractivity (Wildman–Crippen MR) is 370 cm³/mol. The predicted octanol–water partition coefficient (Wildman–Crippen LogP) is 21.5. The van der Waals surface area contributed by atoms with Gasteiger partial charge in [0.05, 0.1) is 24.9 Å². The first-order valence-electron chi connectivity index (χ1n) is 52.7. The van der Waals surface area contributed by atoms with Gasteiger partial charge in [0.1, 0.15) is 5.82 Å². The first-order chi connectivity index (χ1) is 62.8. The molecular formula is C84H82N4OPt-2. The van der Waals surface area contributed by atoms with Crippen LogP contribution < -0.4 is 9.30 Å². The Morgan fingerprint density at radius 1 is 0.544 bits per heavy atom. The van der Waals surface area contributed by atoms with E-state index in [1.807, 2.05) is 20.8 Å². The molecular weight excluding hydrogens is 1280 g/mol. The standard InChI is InChI=1S/C84H82N4O.Pt/c1-52-20-16-21-53(2)77(52)58-30-36-72-67(44-58)66-33-32-63(50-74(66)88(72)76-48-60(38-43-85-76)80(5,6)7)89-62-25-18-24-61(49-62)86-51-87(73-37-31-59(47-75(73)86)78-54(3)22-17-23-55(78)4)79-64(56-28-34-68-70(45-56)83(12,13)41-39-81(68,8)9)26-19-27-65(79)57-29-35-69-71(46-57)84(14,15)42-40-82(69,10)11;/h16-38,43-48H,39-42H2,1-15H3;/q-2;/i1D3,2D3,3D3,4D3,8D3,9D3,10D3,11D3,12D3,13D3,14D3,15D3,28D,29D,34D,35D,39D2,40D2,41D2,42D2,45D,46D;. The molecule has 90 heavy (non-hydrogen) atoms. The van der Waals surface area contributed by atoms with Crippen molar-refractivity contribution in [1.82, 2.24) is 14.1 Å². The van der Waals surface area contributed by atoms with Crippen LogP contribution in [0.3, 0.4) is 0 Å². The zero-order valence-corrected chi connectivity index (χ0v) is 50.1. The second-order valence-corrected chi connectivity index (χ2v) is 22.9. The molecule has 0 saturated carbocycles. The van der Waals surface area contributed by atoms with Crippen LogP contribution in [0.4, 0.5) is 0 Å². The monoisotopic (exact) mass is 1410 g/mol. The molecule has 14 rings (SSSR count). The maximum Gasteiger partial charge on any atom is 0.268 e. The molecule has 3 heterocycles. The normalized spacial score (nSPS) is 27.7. The number of hydrogen-bond acceptors (Lipinski definition) is 2. The van der Waals surface area contributed by atoms with Crippen LogP contribution in [0.15, 0.2) is 176 Å². The van der Waals surface area contributed by atoms with E-state index in [1.54, 1.807) is 47.2 Å². The van der Waals surface area contributed by atoms with Gasteiger partial charge in [0.25, 0.3) is 6.33 Å². The van der Waals surface area contributed by atoms with Gasteiger partial charge in [-0.2, -0.15) is 18.2 Å². The Hall–Kier alpha value is -8.11. The van der Waals surface area contributed by atoms with Gasteiger partial charge in [-0.25, -0.2) is 4.98 Å². The molecule has 0 saturated heterocycles. The van der Waals surface area contributed by atoms with Crippen molar-refractivity contribution >= 4 is 32.8 Å². The van der Waals surface area contributed by atoms with Crippen molar-refractivity contribution in [2.24, 2.45) is 0 Å². The maximum atomic E-state index is 10.6. The number of benzene rings is 9. The Kier molecular flexibility index (Phi) is 6.35. The van der Waals surface area contributed by atoms with Gasteiger partial charge in [-0.1, -0.05) is 196 Å². The number of nitrogens with zero attached hydrogens (tertiary/aromatic N) is 4. The molecule has 0 bridgehead atoms. The summed E-state index contributed by atoms with van der Waals surface area (Å²) < 4.78 is 472. The molecule has 0 radical (unpaired) electrons. The van der Waals surface area contributed by atoms with Crippen LogP contribution in [-0.4, -0.2) is 14.1 Å². The minimum atomic E-state index is -4.99. The number of pyridine rings is 1. The fourth-order valence-corrected chi connectivity index (χ4v) is 11.5. The molecule has 3 aromatic heterocycles. The van der Waals surface area contributed by atoms with Crippen LogP contribution in [0, 0.1) is 45.9 Å². The minimum absolute atomic E-state index is 0. The van der Waals surface area contributed by atoms with Gasteiger partial charge in [-0.3, -0.25) is 4.57 Å². The molecule has 9 aromatic carbocycles.